The average Bonchev–Trinajstić information content (AvgIpc) is 2.72. The molecule has 1 saturated heterocycles. The minimum atomic E-state index is 0.399. The molecule has 1 aliphatic heterocycles. The normalized spacial score (nSPS) is 32.6. The fourth-order valence-corrected chi connectivity index (χ4v) is 3.49. The van der Waals surface area contributed by atoms with Gasteiger partial charge >= 0.3 is 0 Å². The molecule has 1 unspecified atom stereocenters. The van der Waals surface area contributed by atoms with E-state index in [1.54, 1.807) is 0 Å². The first-order chi connectivity index (χ1) is 8.24. The van der Waals surface area contributed by atoms with Crippen molar-refractivity contribution >= 4 is 17.4 Å². The third-order valence-electron chi connectivity index (χ3n) is 4.13. The molecule has 3 atom stereocenters. The molecular formula is C13H18ClN3. The highest BCUT2D eigenvalue weighted by Crippen LogP contribution is 2.38. The summed E-state index contributed by atoms with van der Waals surface area (Å²) >= 11 is 6.20. The Kier molecular flexibility index (Phi) is 2.97. The van der Waals surface area contributed by atoms with Crippen LogP contribution in [0.1, 0.15) is 19.3 Å². The number of fused-ring (bicyclic) bond motifs is 1. The van der Waals surface area contributed by atoms with Crippen molar-refractivity contribution in [3.63, 3.8) is 0 Å². The van der Waals surface area contributed by atoms with Gasteiger partial charge in [-0.05, 0) is 43.2 Å². The Morgan fingerprint density at radius 1 is 1.29 bits per heavy atom. The van der Waals surface area contributed by atoms with Crippen LogP contribution in [-0.2, 0) is 0 Å². The van der Waals surface area contributed by atoms with Gasteiger partial charge in [0.2, 0.25) is 0 Å². The van der Waals surface area contributed by atoms with E-state index < -0.39 is 0 Å². The molecule has 1 aromatic heterocycles. The van der Waals surface area contributed by atoms with Crippen LogP contribution in [0.2, 0.25) is 5.02 Å². The molecule has 2 aliphatic rings. The number of halogens is 1. The van der Waals surface area contributed by atoms with Crippen molar-refractivity contribution in [3.05, 3.63) is 23.4 Å². The van der Waals surface area contributed by atoms with Gasteiger partial charge in [0.1, 0.15) is 5.82 Å². The molecule has 17 heavy (non-hydrogen) atoms. The molecule has 3 rings (SSSR count). The summed E-state index contributed by atoms with van der Waals surface area (Å²) in [5.74, 6) is 2.46. The highest BCUT2D eigenvalue weighted by molar-refractivity contribution is 6.32. The molecule has 3 nitrogen and oxygen atoms in total. The average molecular weight is 252 g/mol. The lowest BCUT2D eigenvalue weighted by molar-refractivity contribution is 0.271. The van der Waals surface area contributed by atoms with Crippen molar-refractivity contribution < 1.29 is 0 Å². The summed E-state index contributed by atoms with van der Waals surface area (Å²) < 4.78 is 0. The van der Waals surface area contributed by atoms with Crippen molar-refractivity contribution in [2.45, 2.75) is 25.3 Å². The van der Waals surface area contributed by atoms with E-state index in [9.17, 15) is 0 Å². The summed E-state index contributed by atoms with van der Waals surface area (Å²) in [6.07, 6.45) is 5.40. The molecular weight excluding hydrogens is 234 g/mol. The molecule has 1 aliphatic carbocycles. The molecule has 0 bridgehead atoms. The van der Waals surface area contributed by atoms with Crippen molar-refractivity contribution in [2.75, 3.05) is 18.0 Å². The third kappa shape index (κ3) is 2.14. The Balaban J connectivity index is 1.78. The van der Waals surface area contributed by atoms with Crippen LogP contribution in [-0.4, -0.2) is 24.1 Å². The van der Waals surface area contributed by atoms with Crippen molar-refractivity contribution in [1.82, 2.24) is 4.98 Å². The number of anilines is 1. The summed E-state index contributed by atoms with van der Waals surface area (Å²) in [6.45, 7) is 2.16. The van der Waals surface area contributed by atoms with Crippen LogP contribution in [0.25, 0.3) is 0 Å². The monoisotopic (exact) mass is 251 g/mol. The number of pyridine rings is 1. The molecule has 0 spiro atoms. The maximum absolute atomic E-state index is 6.20. The van der Waals surface area contributed by atoms with E-state index in [1.165, 1.54) is 12.8 Å². The quantitative estimate of drug-likeness (QED) is 0.833. The van der Waals surface area contributed by atoms with Gasteiger partial charge in [-0.2, -0.15) is 0 Å². The number of nitrogens with two attached hydrogens (primary N) is 1. The van der Waals surface area contributed by atoms with E-state index in [1.807, 2.05) is 18.3 Å². The zero-order chi connectivity index (χ0) is 11.8. The predicted molar refractivity (Wildman–Crippen MR) is 70.3 cm³/mol. The molecule has 2 fully saturated rings. The Morgan fingerprint density at radius 3 is 2.94 bits per heavy atom. The zero-order valence-corrected chi connectivity index (χ0v) is 10.6. The highest BCUT2D eigenvalue weighted by Gasteiger charge is 2.37. The molecule has 2 heterocycles. The summed E-state index contributed by atoms with van der Waals surface area (Å²) in [4.78, 5) is 6.73. The van der Waals surface area contributed by atoms with Crippen LogP contribution >= 0.6 is 11.6 Å². The molecule has 92 valence electrons. The first kappa shape index (κ1) is 11.3. The first-order valence-corrected chi connectivity index (χ1v) is 6.73. The summed E-state index contributed by atoms with van der Waals surface area (Å²) in [6, 6.07) is 4.19. The van der Waals surface area contributed by atoms with Gasteiger partial charge in [0, 0.05) is 25.3 Å². The van der Waals surface area contributed by atoms with Crippen LogP contribution in [0.4, 0.5) is 5.82 Å². The van der Waals surface area contributed by atoms with Gasteiger partial charge in [0.15, 0.2) is 0 Å². The number of rotatable bonds is 1. The number of hydrogen-bond acceptors (Lipinski definition) is 3. The minimum Gasteiger partial charge on any atom is -0.355 e. The Hall–Kier alpha value is -0.800. The topological polar surface area (TPSA) is 42.1 Å². The number of nitrogens with zero attached hydrogens (tertiary/aromatic N) is 2. The maximum Gasteiger partial charge on any atom is 0.147 e. The van der Waals surface area contributed by atoms with Gasteiger partial charge in [0.05, 0.1) is 5.02 Å². The molecule has 2 N–H and O–H groups in total. The third-order valence-corrected chi connectivity index (χ3v) is 4.42. The Morgan fingerprint density at radius 2 is 2.12 bits per heavy atom. The zero-order valence-electron chi connectivity index (χ0n) is 9.85. The van der Waals surface area contributed by atoms with E-state index in [2.05, 4.69) is 9.88 Å². The van der Waals surface area contributed by atoms with Gasteiger partial charge in [-0.3, -0.25) is 0 Å². The number of aromatic nitrogens is 1. The Labute approximate surface area is 107 Å². The highest BCUT2D eigenvalue weighted by atomic mass is 35.5. The van der Waals surface area contributed by atoms with Gasteiger partial charge < -0.3 is 10.6 Å². The van der Waals surface area contributed by atoms with E-state index >= 15 is 0 Å². The number of hydrogen-bond donors (Lipinski definition) is 1. The van der Waals surface area contributed by atoms with Gasteiger partial charge in [-0.1, -0.05) is 11.6 Å². The van der Waals surface area contributed by atoms with Crippen molar-refractivity contribution in [3.8, 4) is 0 Å². The standard InChI is InChI=1S/C13H18ClN3/c14-12-2-1-5-16-13(12)17-7-9-3-4-11(15)6-10(9)8-17/h1-2,5,9-11H,3-4,6-8,15H2/t9-,10+,11?/m1/s1. The Bertz CT molecular complexity index is 409. The lowest BCUT2D eigenvalue weighted by Crippen LogP contribution is -2.32. The maximum atomic E-state index is 6.20. The smallest absolute Gasteiger partial charge is 0.147 e. The minimum absolute atomic E-state index is 0.399. The first-order valence-electron chi connectivity index (χ1n) is 6.35. The fraction of sp³-hybridized carbons (Fsp3) is 0.615. The molecule has 1 aromatic rings. The predicted octanol–water partition coefficient (Wildman–Crippen LogP) is 2.30. The van der Waals surface area contributed by atoms with Crippen LogP contribution in [0.15, 0.2) is 18.3 Å². The van der Waals surface area contributed by atoms with Crippen molar-refractivity contribution in [1.29, 1.82) is 0 Å². The van der Waals surface area contributed by atoms with Crippen molar-refractivity contribution in [2.24, 2.45) is 17.6 Å². The molecule has 0 amide bonds. The molecule has 1 saturated carbocycles. The largest absolute Gasteiger partial charge is 0.355 e. The second-order valence-electron chi connectivity index (χ2n) is 5.31. The lowest BCUT2D eigenvalue weighted by atomic mass is 9.79. The van der Waals surface area contributed by atoms with E-state index in [-0.39, 0.29) is 0 Å². The second kappa shape index (κ2) is 4.46. The van der Waals surface area contributed by atoms with Gasteiger partial charge in [-0.15, -0.1) is 0 Å². The SMILES string of the molecule is NC1CC[C@@H]2CN(c3ncccc3Cl)C[C@@H]2C1. The van der Waals surface area contributed by atoms with E-state index in [0.717, 1.165) is 42.2 Å². The molecule has 0 aromatic carbocycles. The molecule has 4 heteroatoms. The summed E-state index contributed by atoms with van der Waals surface area (Å²) in [7, 11) is 0. The van der Waals surface area contributed by atoms with Gasteiger partial charge in [0.25, 0.3) is 0 Å². The lowest BCUT2D eigenvalue weighted by Gasteiger charge is -2.27. The summed E-state index contributed by atoms with van der Waals surface area (Å²) in [5.41, 5.74) is 6.04. The fourth-order valence-electron chi connectivity index (χ4n) is 3.25. The van der Waals surface area contributed by atoms with Crippen LogP contribution in [0, 0.1) is 11.8 Å². The molecule has 0 radical (unpaired) electrons. The second-order valence-corrected chi connectivity index (χ2v) is 5.71. The van der Waals surface area contributed by atoms with Crippen LogP contribution in [0.3, 0.4) is 0 Å². The van der Waals surface area contributed by atoms with E-state index in [0.29, 0.717) is 6.04 Å². The van der Waals surface area contributed by atoms with Gasteiger partial charge in [-0.25, -0.2) is 4.98 Å². The van der Waals surface area contributed by atoms with Crippen LogP contribution in [0.5, 0.6) is 0 Å². The van der Waals surface area contributed by atoms with E-state index in [4.69, 9.17) is 17.3 Å². The summed E-state index contributed by atoms with van der Waals surface area (Å²) in [5, 5.41) is 0.760. The van der Waals surface area contributed by atoms with Crippen LogP contribution < -0.4 is 10.6 Å².